The molecule has 6 nitrogen and oxygen atoms in total. The van der Waals surface area contributed by atoms with Gasteiger partial charge in [0.2, 0.25) is 0 Å². The molecule has 1 aromatic heterocycles. The van der Waals surface area contributed by atoms with Gasteiger partial charge in [-0.25, -0.2) is 22.9 Å². The zero-order valence-electron chi connectivity index (χ0n) is 16.4. The predicted molar refractivity (Wildman–Crippen MR) is 108 cm³/mol. The number of halogens is 3. The van der Waals surface area contributed by atoms with Crippen molar-refractivity contribution in [3.63, 3.8) is 0 Å². The summed E-state index contributed by atoms with van der Waals surface area (Å²) in [6, 6.07) is 7.77. The number of rotatable bonds is 7. The van der Waals surface area contributed by atoms with Crippen molar-refractivity contribution in [1.82, 2.24) is 9.55 Å². The quantitative estimate of drug-likeness (QED) is 0.196. The Morgan fingerprint density at radius 1 is 1.19 bits per heavy atom. The molecule has 0 saturated carbocycles. The van der Waals surface area contributed by atoms with Crippen LogP contribution in [0.1, 0.15) is 18.1 Å². The van der Waals surface area contributed by atoms with E-state index < -0.39 is 40.3 Å². The fourth-order valence-corrected chi connectivity index (χ4v) is 2.75. The van der Waals surface area contributed by atoms with E-state index in [1.807, 2.05) is 16.7 Å². The van der Waals surface area contributed by atoms with E-state index in [0.717, 1.165) is 11.8 Å². The Kier molecular flexibility index (Phi) is 6.86. The monoisotopic (exact) mass is 429 g/mol. The molecule has 0 spiro atoms. The van der Waals surface area contributed by atoms with Crippen molar-refractivity contribution in [2.45, 2.75) is 13.5 Å². The molecule has 0 fully saturated rings. The van der Waals surface area contributed by atoms with Gasteiger partial charge in [-0.05, 0) is 24.6 Å². The second kappa shape index (κ2) is 9.75. The molecule has 0 amide bonds. The number of aromatic nitrogens is 2. The number of hydrogen-bond acceptors (Lipinski definition) is 5. The summed E-state index contributed by atoms with van der Waals surface area (Å²) >= 11 is 0. The van der Waals surface area contributed by atoms with E-state index in [-0.39, 0.29) is 12.7 Å². The lowest BCUT2D eigenvalue weighted by Crippen LogP contribution is -2.12. The maximum atomic E-state index is 14.1. The van der Waals surface area contributed by atoms with Gasteiger partial charge in [0.05, 0.1) is 30.7 Å². The molecule has 9 heteroatoms. The highest BCUT2D eigenvalue weighted by Crippen LogP contribution is 2.24. The largest absolute Gasteiger partial charge is 0.506 e. The number of aliphatic hydroxyl groups is 1. The van der Waals surface area contributed by atoms with Crippen molar-refractivity contribution in [1.29, 1.82) is 0 Å². The van der Waals surface area contributed by atoms with E-state index in [1.54, 1.807) is 37.8 Å². The van der Waals surface area contributed by atoms with Crippen LogP contribution in [-0.4, -0.2) is 33.4 Å². The Bertz CT molecular complexity index is 1140. The number of carbonyl (C=O) groups excluding carboxylic acids is 1. The summed E-state index contributed by atoms with van der Waals surface area (Å²) in [5.41, 5.74) is 0.0410. The van der Waals surface area contributed by atoms with Gasteiger partial charge in [0, 0.05) is 24.7 Å². The van der Waals surface area contributed by atoms with E-state index in [2.05, 4.69) is 9.98 Å². The third-order valence-corrected chi connectivity index (χ3v) is 4.25. The highest BCUT2D eigenvalue weighted by Gasteiger charge is 2.21. The average Bonchev–Trinajstić information content (AvgIpc) is 3.25. The second-order valence-corrected chi connectivity index (χ2v) is 6.35. The van der Waals surface area contributed by atoms with E-state index in [1.165, 1.54) is 0 Å². The molecule has 1 heterocycles. The van der Waals surface area contributed by atoms with Gasteiger partial charge in [0.25, 0.3) is 0 Å². The standard InChI is InChI=1S/C22H18F3N3O3/c1-2-31-22(30)16(21(29)15-9-18(24)19(25)10-17(15)23)11-27-20-6-4-3-5-14(20)12-28-8-7-26-13-28/h3-11,13,29H,2,12H2,1H3. The fourth-order valence-electron chi connectivity index (χ4n) is 2.75. The van der Waals surface area contributed by atoms with Crippen LogP contribution in [-0.2, 0) is 16.1 Å². The van der Waals surface area contributed by atoms with Gasteiger partial charge in [0.1, 0.15) is 17.1 Å². The van der Waals surface area contributed by atoms with Gasteiger partial charge in [-0.1, -0.05) is 18.2 Å². The van der Waals surface area contributed by atoms with Crippen LogP contribution < -0.4 is 0 Å². The summed E-state index contributed by atoms with van der Waals surface area (Å²) in [5.74, 6) is -5.97. The first-order valence-electron chi connectivity index (χ1n) is 9.23. The molecule has 160 valence electrons. The van der Waals surface area contributed by atoms with E-state index in [4.69, 9.17) is 4.74 Å². The van der Waals surface area contributed by atoms with Crippen molar-refractivity contribution in [2.24, 2.45) is 4.99 Å². The van der Waals surface area contributed by atoms with Gasteiger partial charge in [-0.2, -0.15) is 0 Å². The lowest BCUT2D eigenvalue weighted by atomic mass is 10.1. The zero-order valence-corrected chi connectivity index (χ0v) is 16.4. The van der Waals surface area contributed by atoms with Crippen LogP contribution in [0.2, 0.25) is 0 Å². The van der Waals surface area contributed by atoms with Crippen LogP contribution in [0.15, 0.2) is 65.7 Å². The molecule has 0 aliphatic heterocycles. The van der Waals surface area contributed by atoms with Crippen molar-refractivity contribution in [3.05, 3.63) is 89.3 Å². The summed E-state index contributed by atoms with van der Waals surface area (Å²) < 4.78 is 47.6. The number of benzene rings is 2. The number of nitrogens with zero attached hydrogens (tertiary/aromatic N) is 3. The minimum absolute atomic E-state index is 0.0269. The summed E-state index contributed by atoms with van der Waals surface area (Å²) in [7, 11) is 0. The van der Waals surface area contributed by atoms with Gasteiger partial charge in [-0.3, -0.25) is 4.99 Å². The molecular formula is C22H18F3N3O3. The van der Waals surface area contributed by atoms with Crippen molar-refractivity contribution < 1.29 is 27.8 Å². The SMILES string of the molecule is CCOC(=O)C(C=Nc1ccccc1Cn1ccnc1)=C(O)c1cc(F)c(F)cc1F. The minimum Gasteiger partial charge on any atom is -0.506 e. The van der Waals surface area contributed by atoms with Gasteiger partial charge in [0.15, 0.2) is 11.6 Å². The highest BCUT2D eigenvalue weighted by molar-refractivity contribution is 6.15. The van der Waals surface area contributed by atoms with Crippen LogP contribution in [0.25, 0.3) is 5.76 Å². The number of para-hydroxylation sites is 1. The van der Waals surface area contributed by atoms with Crippen LogP contribution in [0.5, 0.6) is 0 Å². The Hall–Kier alpha value is -3.88. The Balaban J connectivity index is 2.03. The van der Waals surface area contributed by atoms with Crippen molar-refractivity contribution in [3.8, 4) is 0 Å². The number of ether oxygens (including phenoxy) is 1. The third-order valence-electron chi connectivity index (χ3n) is 4.25. The molecule has 0 atom stereocenters. The average molecular weight is 429 g/mol. The number of esters is 1. The van der Waals surface area contributed by atoms with Crippen LogP contribution >= 0.6 is 0 Å². The molecule has 0 saturated heterocycles. The molecule has 3 rings (SSSR count). The van der Waals surface area contributed by atoms with E-state index >= 15 is 0 Å². The fraction of sp³-hybridized carbons (Fsp3) is 0.136. The van der Waals surface area contributed by atoms with Gasteiger partial charge >= 0.3 is 5.97 Å². The molecule has 2 aromatic carbocycles. The Morgan fingerprint density at radius 3 is 2.65 bits per heavy atom. The maximum Gasteiger partial charge on any atom is 0.343 e. The zero-order chi connectivity index (χ0) is 22.4. The molecule has 0 unspecified atom stereocenters. The van der Waals surface area contributed by atoms with Crippen molar-refractivity contribution >= 4 is 23.6 Å². The predicted octanol–water partition coefficient (Wildman–Crippen LogP) is 4.58. The number of imidazole rings is 1. The summed E-state index contributed by atoms with van der Waals surface area (Å²) in [6.07, 6.45) is 6.02. The van der Waals surface area contributed by atoms with Gasteiger partial charge < -0.3 is 14.4 Å². The second-order valence-electron chi connectivity index (χ2n) is 6.35. The summed E-state index contributed by atoms with van der Waals surface area (Å²) in [6.45, 7) is 1.96. The van der Waals surface area contributed by atoms with E-state index in [9.17, 15) is 23.1 Å². The van der Waals surface area contributed by atoms with Crippen LogP contribution in [0.3, 0.4) is 0 Å². The maximum absolute atomic E-state index is 14.1. The topological polar surface area (TPSA) is 76.7 Å². The number of aliphatic imine (C=N–C) groups is 1. The molecule has 0 aliphatic carbocycles. The van der Waals surface area contributed by atoms with Crippen LogP contribution in [0.4, 0.5) is 18.9 Å². The van der Waals surface area contributed by atoms with Crippen LogP contribution in [0, 0.1) is 17.5 Å². The molecule has 3 aromatic rings. The van der Waals surface area contributed by atoms with Gasteiger partial charge in [-0.15, -0.1) is 0 Å². The first-order chi connectivity index (χ1) is 14.9. The lowest BCUT2D eigenvalue weighted by Gasteiger charge is -2.09. The summed E-state index contributed by atoms with van der Waals surface area (Å²) in [5, 5.41) is 10.5. The number of aliphatic hydroxyl groups excluding tert-OH is 1. The molecule has 31 heavy (non-hydrogen) atoms. The normalized spacial score (nSPS) is 12.1. The molecule has 1 N–H and O–H groups in total. The number of carbonyl (C=O) groups is 1. The molecular weight excluding hydrogens is 411 g/mol. The highest BCUT2D eigenvalue weighted by atomic mass is 19.2. The third kappa shape index (κ3) is 5.19. The lowest BCUT2D eigenvalue weighted by molar-refractivity contribution is -0.137. The first-order valence-corrected chi connectivity index (χ1v) is 9.23. The first kappa shape index (κ1) is 21.8. The number of hydrogen-bond donors (Lipinski definition) is 1. The molecule has 0 aliphatic rings. The minimum atomic E-state index is -1.42. The summed E-state index contributed by atoms with van der Waals surface area (Å²) in [4.78, 5) is 20.6. The smallest absolute Gasteiger partial charge is 0.343 e. The van der Waals surface area contributed by atoms with Crippen molar-refractivity contribution in [2.75, 3.05) is 6.61 Å². The molecule has 0 bridgehead atoms. The Labute approximate surface area is 176 Å². The van der Waals surface area contributed by atoms with E-state index in [0.29, 0.717) is 18.3 Å². The Morgan fingerprint density at radius 2 is 1.94 bits per heavy atom. The molecule has 0 radical (unpaired) electrons.